The summed E-state index contributed by atoms with van der Waals surface area (Å²) in [7, 11) is 0. The molecule has 2 aromatic rings. The quantitative estimate of drug-likeness (QED) is 0.879. The Labute approximate surface area is 107 Å². The fraction of sp³-hybridized carbons (Fsp3) is 0.267. The molecule has 94 valence electrons. The summed E-state index contributed by atoms with van der Waals surface area (Å²) in [5.74, 6) is 0. The van der Waals surface area contributed by atoms with Crippen molar-refractivity contribution in [2.75, 3.05) is 0 Å². The van der Waals surface area contributed by atoms with Gasteiger partial charge in [-0.1, -0.05) is 18.2 Å². The molecule has 1 atom stereocenters. The Hall–Kier alpha value is -1.87. The van der Waals surface area contributed by atoms with Gasteiger partial charge in [-0.2, -0.15) is 0 Å². The number of para-hydroxylation sites is 1. The number of hydrogen-bond acceptors (Lipinski definition) is 2. The second-order valence-corrected chi connectivity index (χ2v) is 4.68. The number of aryl methyl sites for hydroxylation is 2. The molecule has 1 aromatic heterocycles. The Morgan fingerprint density at radius 2 is 1.89 bits per heavy atom. The third-order valence-electron chi connectivity index (χ3n) is 3.14. The molecule has 1 heterocycles. The number of nitrogens with zero attached hydrogens (tertiary/aromatic N) is 1. The van der Waals surface area contributed by atoms with Crippen molar-refractivity contribution in [3.63, 3.8) is 0 Å². The topological polar surface area (TPSA) is 48.0 Å². The predicted molar refractivity (Wildman–Crippen MR) is 74.1 cm³/mol. The van der Waals surface area contributed by atoms with Crippen LogP contribution in [-0.4, -0.2) is 4.57 Å². The van der Waals surface area contributed by atoms with Crippen LogP contribution in [0.1, 0.15) is 29.8 Å². The van der Waals surface area contributed by atoms with Crippen molar-refractivity contribution in [1.29, 1.82) is 0 Å². The van der Waals surface area contributed by atoms with Gasteiger partial charge >= 0.3 is 0 Å². The minimum Gasteiger partial charge on any atom is -0.324 e. The number of aromatic nitrogens is 1. The van der Waals surface area contributed by atoms with E-state index in [1.54, 1.807) is 6.07 Å². The van der Waals surface area contributed by atoms with Crippen LogP contribution in [0.2, 0.25) is 0 Å². The third kappa shape index (κ3) is 2.22. The van der Waals surface area contributed by atoms with Gasteiger partial charge in [-0.15, -0.1) is 0 Å². The van der Waals surface area contributed by atoms with E-state index in [0.717, 1.165) is 11.4 Å². The molecule has 1 unspecified atom stereocenters. The van der Waals surface area contributed by atoms with Crippen LogP contribution >= 0.6 is 0 Å². The van der Waals surface area contributed by atoms with Crippen LogP contribution in [0, 0.1) is 13.8 Å². The molecular formula is C15H18N2O. The van der Waals surface area contributed by atoms with Gasteiger partial charge in [0.25, 0.3) is 0 Å². The summed E-state index contributed by atoms with van der Waals surface area (Å²) in [4.78, 5) is 11.9. The van der Waals surface area contributed by atoms with Gasteiger partial charge < -0.3 is 10.3 Å². The highest BCUT2D eigenvalue weighted by molar-refractivity contribution is 5.42. The maximum absolute atomic E-state index is 11.9. The highest BCUT2D eigenvalue weighted by atomic mass is 16.1. The van der Waals surface area contributed by atoms with E-state index in [-0.39, 0.29) is 11.5 Å². The summed E-state index contributed by atoms with van der Waals surface area (Å²) in [5.41, 5.74) is 9.65. The zero-order chi connectivity index (χ0) is 13.3. The average molecular weight is 242 g/mol. The second kappa shape index (κ2) is 4.78. The third-order valence-corrected chi connectivity index (χ3v) is 3.14. The van der Waals surface area contributed by atoms with Crippen LogP contribution in [0.3, 0.4) is 0 Å². The number of pyridine rings is 1. The van der Waals surface area contributed by atoms with Crippen LogP contribution in [0.15, 0.2) is 41.3 Å². The smallest absolute Gasteiger partial charge is 0.186 e. The first-order valence-electron chi connectivity index (χ1n) is 6.05. The number of rotatable bonds is 2. The molecule has 3 nitrogen and oxygen atoms in total. The van der Waals surface area contributed by atoms with Gasteiger partial charge in [0.15, 0.2) is 5.43 Å². The summed E-state index contributed by atoms with van der Waals surface area (Å²) in [6, 6.07) is 9.48. The van der Waals surface area contributed by atoms with E-state index in [0.29, 0.717) is 5.56 Å². The first-order valence-corrected chi connectivity index (χ1v) is 6.05. The highest BCUT2D eigenvalue weighted by Gasteiger charge is 2.09. The fourth-order valence-electron chi connectivity index (χ4n) is 2.08. The molecule has 0 aliphatic rings. The van der Waals surface area contributed by atoms with E-state index < -0.39 is 0 Å². The monoisotopic (exact) mass is 242 g/mol. The zero-order valence-corrected chi connectivity index (χ0v) is 11.0. The molecule has 0 bridgehead atoms. The molecular weight excluding hydrogens is 224 g/mol. The van der Waals surface area contributed by atoms with Crippen molar-refractivity contribution >= 4 is 0 Å². The minimum absolute atomic E-state index is 0.00679. The standard InChI is InChI=1S/C15H18N2O/c1-10-6-4-5-7-14(10)17-9-13(12(3)16)15(18)8-11(17)2/h4-9,12H,16H2,1-3H3. The molecule has 18 heavy (non-hydrogen) atoms. The van der Waals surface area contributed by atoms with Gasteiger partial charge in [0.2, 0.25) is 0 Å². The molecule has 2 N–H and O–H groups in total. The van der Waals surface area contributed by atoms with Crippen molar-refractivity contribution in [2.45, 2.75) is 26.8 Å². The second-order valence-electron chi connectivity index (χ2n) is 4.68. The molecule has 0 saturated heterocycles. The van der Waals surface area contributed by atoms with E-state index in [4.69, 9.17) is 5.73 Å². The van der Waals surface area contributed by atoms with Gasteiger partial charge in [0.05, 0.1) is 0 Å². The van der Waals surface area contributed by atoms with Gasteiger partial charge in [0.1, 0.15) is 0 Å². The molecule has 0 radical (unpaired) electrons. The van der Waals surface area contributed by atoms with E-state index in [1.807, 2.05) is 42.8 Å². The Morgan fingerprint density at radius 3 is 2.50 bits per heavy atom. The van der Waals surface area contributed by atoms with E-state index in [9.17, 15) is 4.79 Å². The Bertz CT molecular complexity index is 627. The first kappa shape index (κ1) is 12.6. The van der Waals surface area contributed by atoms with Crippen molar-refractivity contribution in [3.05, 3.63) is 63.6 Å². The summed E-state index contributed by atoms with van der Waals surface area (Å²) in [6.07, 6.45) is 1.85. The van der Waals surface area contributed by atoms with Crippen LogP contribution < -0.4 is 11.2 Å². The molecule has 0 fully saturated rings. The fourth-order valence-corrected chi connectivity index (χ4v) is 2.08. The van der Waals surface area contributed by atoms with Crippen molar-refractivity contribution in [3.8, 4) is 5.69 Å². The lowest BCUT2D eigenvalue weighted by molar-refractivity contribution is 0.785. The van der Waals surface area contributed by atoms with E-state index >= 15 is 0 Å². The molecule has 0 saturated carbocycles. The van der Waals surface area contributed by atoms with Crippen LogP contribution in [0.25, 0.3) is 5.69 Å². The number of benzene rings is 1. The van der Waals surface area contributed by atoms with Crippen LogP contribution in [0.4, 0.5) is 0 Å². The molecule has 0 amide bonds. The molecule has 3 heteroatoms. The Morgan fingerprint density at radius 1 is 1.22 bits per heavy atom. The predicted octanol–water partition coefficient (Wildman–Crippen LogP) is 2.47. The van der Waals surface area contributed by atoms with E-state index in [1.165, 1.54) is 5.56 Å². The minimum atomic E-state index is -0.256. The summed E-state index contributed by atoms with van der Waals surface area (Å²) >= 11 is 0. The lowest BCUT2D eigenvalue weighted by atomic mass is 10.1. The largest absolute Gasteiger partial charge is 0.324 e. The van der Waals surface area contributed by atoms with Crippen molar-refractivity contribution < 1.29 is 0 Å². The number of nitrogens with two attached hydrogens (primary N) is 1. The Balaban J connectivity index is 2.69. The summed E-state index contributed by atoms with van der Waals surface area (Å²) in [5, 5.41) is 0. The normalized spacial score (nSPS) is 12.4. The molecule has 0 spiro atoms. The van der Waals surface area contributed by atoms with Crippen LogP contribution in [-0.2, 0) is 0 Å². The van der Waals surface area contributed by atoms with Gasteiger partial charge in [-0.3, -0.25) is 4.79 Å². The first-order chi connectivity index (χ1) is 8.50. The van der Waals surface area contributed by atoms with Crippen molar-refractivity contribution in [2.24, 2.45) is 5.73 Å². The molecule has 0 aliphatic carbocycles. The Kier molecular flexibility index (Phi) is 3.34. The lowest BCUT2D eigenvalue weighted by Gasteiger charge is -2.16. The van der Waals surface area contributed by atoms with E-state index in [2.05, 4.69) is 13.0 Å². The SMILES string of the molecule is Cc1ccccc1-n1cc(C(C)N)c(=O)cc1C. The highest BCUT2D eigenvalue weighted by Crippen LogP contribution is 2.16. The van der Waals surface area contributed by atoms with Crippen LogP contribution in [0.5, 0.6) is 0 Å². The molecule has 0 aliphatic heterocycles. The molecule has 2 rings (SSSR count). The van der Waals surface area contributed by atoms with Crippen molar-refractivity contribution in [1.82, 2.24) is 4.57 Å². The molecule has 1 aromatic carbocycles. The maximum Gasteiger partial charge on any atom is 0.186 e. The van der Waals surface area contributed by atoms with Gasteiger partial charge in [-0.05, 0) is 32.4 Å². The van der Waals surface area contributed by atoms with Gasteiger partial charge in [0, 0.05) is 35.2 Å². The van der Waals surface area contributed by atoms with Gasteiger partial charge in [-0.25, -0.2) is 0 Å². The lowest BCUT2D eigenvalue weighted by Crippen LogP contribution is -2.20. The summed E-state index contributed by atoms with van der Waals surface area (Å²) < 4.78 is 2.02. The zero-order valence-electron chi connectivity index (χ0n) is 11.0. The maximum atomic E-state index is 11.9. The number of hydrogen-bond donors (Lipinski definition) is 1. The summed E-state index contributed by atoms with van der Waals surface area (Å²) in [6.45, 7) is 5.81. The average Bonchev–Trinajstić information content (AvgIpc) is 2.30.